The molecule has 0 saturated heterocycles. The molecule has 0 aliphatic rings. The van der Waals surface area contributed by atoms with Gasteiger partial charge in [0.25, 0.3) is 0 Å². The van der Waals surface area contributed by atoms with Gasteiger partial charge in [0, 0.05) is 19.3 Å². The molecular weight excluding hydrogens is 721 g/mol. The van der Waals surface area contributed by atoms with E-state index in [1.807, 2.05) is 0 Å². The first-order chi connectivity index (χ1) is 28.3. The molecule has 0 aliphatic carbocycles. The molecule has 0 radical (unpaired) electrons. The average molecular weight is 821 g/mol. The van der Waals surface area contributed by atoms with E-state index in [-0.39, 0.29) is 31.1 Å². The molecule has 6 nitrogen and oxygen atoms in total. The van der Waals surface area contributed by atoms with E-state index in [9.17, 15) is 14.4 Å². The molecule has 0 aromatic heterocycles. The van der Waals surface area contributed by atoms with Crippen molar-refractivity contribution in [2.45, 2.75) is 291 Å². The Morgan fingerprint density at radius 1 is 0.362 bits per heavy atom. The topological polar surface area (TPSA) is 78.9 Å². The van der Waals surface area contributed by atoms with Crippen LogP contribution < -0.4 is 0 Å². The zero-order valence-corrected chi connectivity index (χ0v) is 39.7. The highest BCUT2D eigenvalue weighted by atomic mass is 16.6. The van der Waals surface area contributed by atoms with Gasteiger partial charge in [0.05, 0.1) is 0 Å². The Balaban J connectivity index is 4.25. The molecule has 0 amide bonds. The van der Waals surface area contributed by atoms with Crippen LogP contribution in [0.3, 0.4) is 0 Å². The molecule has 0 aliphatic heterocycles. The summed E-state index contributed by atoms with van der Waals surface area (Å²) in [6, 6.07) is 0. The highest BCUT2D eigenvalue weighted by molar-refractivity contribution is 5.71. The fourth-order valence-electron chi connectivity index (χ4n) is 7.78. The molecule has 1 unspecified atom stereocenters. The minimum absolute atomic E-state index is 0.0639. The van der Waals surface area contributed by atoms with Crippen LogP contribution in [0, 0.1) is 11.8 Å². The van der Waals surface area contributed by atoms with E-state index in [2.05, 4.69) is 34.6 Å². The van der Waals surface area contributed by atoms with Crippen LogP contribution in [0.15, 0.2) is 0 Å². The predicted molar refractivity (Wildman–Crippen MR) is 247 cm³/mol. The summed E-state index contributed by atoms with van der Waals surface area (Å²) < 4.78 is 16.8. The smallest absolute Gasteiger partial charge is 0.306 e. The first-order valence-electron chi connectivity index (χ1n) is 25.8. The lowest BCUT2D eigenvalue weighted by atomic mass is 9.99. The van der Waals surface area contributed by atoms with Crippen LogP contribution in [-0.2, 0) is 28.6 Å². The molecular formula is C52H100O6. The van der Waals surface area contributed by atoms with Crippen molar-refractivity contribution in [2.75, 3.05) is 13.2 Å². The van der Waals surface area contributed by atoms with E-state index in [4.69, 9.17) is 14.2 Å². The van der Waals surface area contributed by atoms with Gasteiger partial charge < -0.3 is 14.2 Å². The molecule has 0 fully saturated rings. The van der Waals surface area contributed by atoms with Gasteiger partial charge in [-0.15, -0.1) is 0 Å². The number of ether oxygens (including phenoxy) is 3. The van der Waals surface area contributed by atoms with Gasteiger partial charge in [-0.25, -0.2) is 0 Å². The molecule has 58 heavy (non-hydrogen) atoms. The van der Waals surface area contributed by atoms with Gasteiger partial charge in [-0.05, 0) is 31.1 Å². The number of rotatable bonds is 46. The summed E-state index contributed by atoms with van der Waals surface area (Å²) >= 11 is 0. The quantitative estimate of drug-likeness (QED) is 0.0346. The van der Waals surface area contributed by atoms with Crippen LogP contribution in [0.25, 0.3) is 0 Å². The lowest BCUT2D eigenvalue weighted by Crippen LogP contribution is -2.30. The highest BCUT2D eigenvalue weighted by Gasteiger charge is 2.19. The maximum absolute atomic E-state index is 12.8. The van der Waals surface area contributed by atoms with Crippen molar-refractivity contribution in [3.63, 3.8) is 0 Å². The van der Waals surface area contributed by atoms with Crippen molar-refractivity contribution in [1.29, 1.82) is 0 Å². The second-order valence-electron chi connectivity index (χ2n) is 18.5. The third-order valence-corrected chi connectivity index (χ3v) is 12.1. The Bertz CT molecular complexity index is 887. The Morgan fingerprint density at radius 2 is 0.655 bits per heavy atom. The lowest BCUT2D eigenvalue weighted by Gasteiger charge is -2.18. The van der Waals surface area contributed by atoms with Gasteiger partial charge in [0.2, 0.25) is 0 Å². The SMILES string of the molecule is CCCCCCCCCCCC(=O)OC[C@@H](COC(=O)CCCCCCCCCCCCCCCCC(C)CC)OC(=O)CCCCCCCCCCCCC(C)C. The molecule has 0 saturated carbocycles. The molecule has 2 atom stereocenters. The van der Waals surface area contributed by atoms with E-state index < -0.39 is 6.10 Å². The third kappa shape index (κ3) is 44.0. The Hall–Kier alpha value is -1.59. The number of hydrogen-bond donors (Lipinski definition) is 0. The molecule has 0 rings (SSSR count). The highest BCUT2D eigenvalue weighted by Crippen LogP contribution is 2.18. The first kappa shape index (κ1) is 56.4. The Labute approximate surface area is 361 Å². The summed E-state index contributed by atoms with van der Waals surface area (Å²) in [6.07, 6.45) is 45.1. The number of carbonyl (C=O) groups is 3. The predicted octanol–water partition coefficient (Wildman–Crippen LogP) is 16.5. The fourth-order valence-corrected chi connectivity index (χ4v) is 7.78. The van der Waals surface area contributed by atoms with Crippen molar-refractivity contribution in [1.82, 2.24) is 0 Å². The monoisotopic (exact) mass is 821 g/mol. The minimum atomic E-state index is -0.761. The summed E-state index contributed by atoms with van der Waals surface area (Å²) in [5.41, 5.74) is 0. The number of esters is 3. The van der Waals surface area contributed by atoms with Gasteiger partial charge in [0.1, 0.15) is 13.2 Å². The number of hydrogen-bond acceptors (Lipinski definition) is 6. The standard InChI is InChI=1S/C52H100O6/c1-6-8-9-10-11-20-27-32-37-42-50(53)56-45-49(58-52(55)44-39-34-29-24-19-18-21-25-30-35-40-47(3)4)46-57-51(54)43-38-33-28-23-17-15-13-12-14-16-22-26-31-36-41-48(5)7-2/h47-49H,6-46H2,1-5H3/t48?,49-/m0/s1. The van der Waals surface area contributed by atoms with Gasteiger partial charge in [-0.1, -0.05) is 247 Å². The summed E-state index contributed by atoms with van der Waals surface area (Å²) in [6.45, 7) is 11.4. The second kappa shape index (κ2) is 44.9. The van der Waals surface area contributed by atoms with Gasteiger partial charge in [-0.3, -0.25) is 14.4 Å². The molecule has 0 heterocycles. The fraction of sp³-hybridized carbons (Fsp3) is 0.942. The molecule has 0 bridgehead atoms. The zero-order valence-electron chi connectivity index (χ0n) is 39.7. The number of unbranched alkanes of at least 4 members (excludes halogenated alkanes) is 30. The first-order valence-corrected chi connectivity index (χ1v) is 25.8. The van der Waals surface area contributed by atoms with Gasteiger partial charge in [0.15, 0.2) is 6.10 Å². The van der Waals surface area contributed by atoms with Crippen LogP contribution in [-0.4, -0.2) is 37.2 Å². The summed E-state index contributed by atoms with van der Waals surface area (Å²) in [5, 5.41) is 0. The normalized spacial score (nSPS) is 12.5. The van der Waals surface area contributed by atoms with Gasteiger partial charge >= 0.3 is 17.9 Å². The van der Waals surface area contributed by atoms with Crippen LogP contribution in [0.5, 0.6) is 0 Å². The van der Waals surface area contributed by atoms with Crippen molar-refractivity contribution in [3.8, 4) is 0 Å². The Kier molecular flexibility index (Phi) is 43.7. The van der Waals surface area contributed by atoms with E-state index in [0.717, 1.165) is 69.6 Å². The molecule has 0 aromatic carbocycles. The third-order valence-electron chi connectivity index (χ3n) is 12.1. The largest absolute Gasteiger partial charge is 0.462 e. The lowest BCUT2D eigenvalue weighted by molar-refractivity contribution is -0.167. The maximum atomic E-state index is 12.8. The second-order valence-corrected chi connectivity index (χ2v) is 18.5. The van der Waals surface area contributed by atoms with Crippen LogP contribution in [0.1, 0.15) is 285 Å². The van der Waals surface area contributed by atoms with E-state index >= 15 is 0 Å². The van der Waals surface area contributed by atoms with E-state index in [1.54, 1.807) is 0 Å². The zero-order chi connectivity index (χ0) is 42.6. The Morgan fingerprint density at radius 3 is 0.983 bits per heavy atom. The van der Waals surface area contributed by atoms with Crippen molar-refractivity contribution in [3.05, 3.63) is 0 Å². The molecule has 0 N–H and O–H groups in total. The van der Waals surface area contributed by atoms with Crippen LogP contribution in [0.2, 0.25) is 0 Å². The van der Waals surface area contributed by atoms with Crippen molar-refractivity contribution < 1.29 is 28.6 Å². The number of carbonyl (C=O) groups excluding carboxylic acids is 3. The van der Waals surface area contributed by atoms with Gasteiger partial charge in [-0.2, -0.15) is 0 Å². The van der Waals surface area contributed by atoms with Crippen LogP contribution >= 0.6 is 0 Å². The van der Waals surface area contributed by atoms with Crippen molar-refractivity contribution >= 4 is 17.9 Å². The maximum Gasteiger partial charge on any atom is 0.306 e. The average Bonchev–Trinajstić information content (AvgIpc) is 3.21. The molecule has 0 aromatic rings. The molecule has 0 spiro atoms. The van der Waals surface area contributed by atoms with E-state index in [0.29, 0.717) is 19.3 Å². The molecule has 344 valence electrons. The summed E-state index contributed by atoms with van der Waals surface area (Å²) in [4.78, 5) is 37.8. The molecule has 6 heteroatoms. The van der Waals surface area contributed by atoms with E-state index in [1.165, 1.54) is 173 Å². The van der Waals surface area contributed by atoms with Crippen molar-refractivity contribution in [2.24, 2.45) is 11.8 Å². The summed E-state index contributed by atoms with van der Waals surface area (Å²) in [7, 11) is 0. The van der Waals surface area contributed by atoms with Crippen LogP contribution in [0.4, 0.5) is 0 Å². The summed E-state index contributed by atoms with van der Waals surface area (Å²) in [5.74, 6) is 0.860. The minimum Gasteiger partial charge on any atom is -0.462 e.